The topological polar surface area (TPSA) is 107 Å². The van der Waals surface area contributed by atoms with Crippen LogP contribution in [0.5, 0.6) is 0 Å². The van der Waals surface area contributed by atoms with Crippen LogP contribution < -0.4 is 4.72 Å². The number of ketones is 1. The van der Waals surface area contributed by atoms with Crippen LogP contribution in [-0.4, -0.2) is 48.1 Å². The summed E-state index contributed by atoms with van der Waals surface area (Å²) in [6, 6.07) is 5.10. The molecule has 0 amide bonds. The minimum atomic E-state index is -3.89. The third-order valence-corrected chi connectivity index (χ3v) is 7.87. The maximum Gasteiger partial charge on any atom is 0.240 e. The molecule has 9 heteroatoms. The number of sulfone groups is 1. The number of rotatable bonds is 7. The van der Waals surface area contributed by atoms with E-state index in [1.165, 1.54) is 24.3 Å². The smallest absolute Gasteiger partial charge is 0.240 e. The Morgan fingerprint density at radius 2 is 1.56 bits per heavy atom. The second-order valence-electron chi connectivity index (χ2n) is 7.81. The van der Waals surface area contributed by atoms with Gasteiger partial charge in [-0.3, -0.25) is 4.79 Å². The predicted octanol–water partition coefficient (Wildman–Crippen LogP) is 1.78. The molecule has 7 nitrogen and oxygen atoms in total. The summed E-state index contributed by atoms with van der Waals surface area (Å²) < 4.78 is 57.2. The molecule has 1 saturated heterocycles. The van der Waals surface area contributed by atoms with E-state index < -0.39 is 25.3 Å². The van der Waals surface area contributed by atoms with Crippen molar-refractivity contribution in [3.8, 4) is 0 Å². The van der Waals surface area contributed by atoms with E-state index in [1.54, 1.807) is 20.8 Å². The van der Waals surface area contributed by atoms with Crippen LogP contribution in [0.1, 0.15) is 33.6 Å². The SMILES string of the molecule is CC(C)(C)C(=O)CNS(=O)(=O)c1ccc(S(=O)(=O)CC2CCOCC2)cc1. The quantitative estimate of drug-likeness (QED) is 0.725. The van der Waals surface area contributed by atoms with E-state index in [-0.39, 0.29) is 33.8 Å². The maximum absolute atomic E-state index is 12.5. The maximum atomic E-state index is 12.5. The Labute approximate surface area is 161 Å². The average Bonchev–Trinajstić information content (AvgIpc) is 2.59. The Morgan fingerprint density at radius 3 is 2.07 bits per heavy atom. The highest BCUT2D eigenvalue weighted by Crippen LogP contribution is 2.22. The largest absolute Gasteiger partial charge is 0.381 e. The summed E-state index contributed by atoms with van der Waals surface area (Å²) in [5.41, 5.74) is -0.648. The second-order valence-corrected chi connectivity index (χ2v) is 11.6. The van der Waals surface area contributed by atoms with E-state index in [4.69, 9.17) is 4.74 Å². The van der Waals surface area contributed by atoms with Crippen molar-refractivity contribution < 1.29 is 26.4 Å². The molecule has 0 unspecified atom stereocenters. The number of ether oxygens (including phenoxy) is 1. The van der Waals surface area contributed by atoms with Gasteiger partial charge in [0.1, 0.15) is 0 Å². The lowest BCUT2D eigenvalue weighted by Gasteiger charge is -2.21. The van der Waals surface area contributed by atoms with Gasteiger partial charge in [-0.2, -0.15) is 0 Å². The van der Waals surface area contributed by atoms with E-state index in [0.717, 1.165) is 0 Å². The standard InChI is InChI=1S/C18H27NO6S2/c1-18(2,3)17(20)12-19-27(23,24)16-6-4-15(5-7-16)26(21,22)13-14-8-10-25-11-9-14/h4-7,14,19H,8-13H2,1-3H3. The number of carbonyl (C=O) groups is 1. The Kier molecular flexibility index (Phi) is 6.83. The summed E-state index contributed by atoms with van der Waals surface area (Å²) in [5.74, 6) is -0.153. The lowest BCUT2D eigenvalue weighted by atomic mass is 9.91. The van der Waals surface area contributed by atoms with Gasteiger partial charge in [0.25, 0.3) is 0 Å². The normalized spacial score (nSPS) is 17.0. The van der Waals surface area contributed by atoms with Gasteiger partial charge in [-0.25, -0.2) is 21.6 Å². The Hall–Kier alpha value is -1.29. The molecule has 0 aliphatic carbocycles. The van der Waals surface area contributed by atoms with E-state index in [0.29, 0.717) is 26.1 Å². The van der Waals surface area contributed by atoms with Crippen LogP contribution in [0.15, 0.2) is 34.1 Å². The van der Waals surface area contributed by atoms with Gasteiger partial charge in [-0.15, -0.1) is 0 Å². The molecule has 2 rings (SSSR count). The van der Waals surface area contributed by atoms with E-state index in [9.17, 15) is 21.6 Å². The number of Topliss-reactive ketones (excluding diaryl/α,β-unsaturated/α-hetero) is 1. The summed E-state index contributed by atoms with van der Waals surface area (Å²) in [6.07, 6.45) is 1.41. The molecule has 1 aliphatic rings. The molecule has 1 N–H and O–H groups in total. The molecular weight excluding hydrogens is 390 g/mol. The van der Waals surface area contributed by atoms with Crippen LogP contribution >= 0.6 is 0 Å². The molecule has 1 aliphatic heterocycles. The van der Waals surface area contributed by atoms with Crippen LogP contribution in [0.2, 0.25) is 0 Å². The molecular formula is C18H27NO6S2. The summed E-state index contributed by atoms with van der Waals surface area (Å²) >= 11 is 0. The molecule has 1 aromatic rings. The van der Waals surface area contributed by atoms with Crippen molar-refractivity contribution in [1.82, 2.24) is 4.72 Å². The minimum Gasteiger partial charge on any atom is -0.381 e. The fourth-order valence-corrected chi connectivity index (χ4v) is 5.33. The second kappa shape index (κ2) is 8.38. The minimum absolute atomic E-state index is 0.0286. The molecule has 0 spiro atoms. The van der Waals surface area contributed by atoms with Crippen molar-refractivity contribution in [2.75, 3.05) is 25.5 Å². The van der Waals surface area contributed by atoms with Crippen LogP contribution in [-0.2, 0) is 29.4 Å². The zero-order valence-electron chi connectivity index (χ0n) is 15.9. The first-order chi connectivity index (χ1) is 12.4. The summed E-state index contributed by atoms with van der Waals surface area (Å²) in [7, 11) is -7.38. The van der Waals surface area contributed by atoms with Crippen molar-refractivity contribution in [2.24, 2.45) is 11.3 Å². The Balaban J connectivity index is 2.07. The molecule has 0 saturated carbocycles. The fourth-order valence-electron chi connectivity index (χ4n) is 2.65. The number of nitrogens with one attached hydrogen (secondary N) is 1. The van der Waals surface area contributed by atoms with Gasteiger partial charge in [0, 0.05) is 18.6 Å². The molecule has 27 heavy (non-hydrogen) atoms. The van der Waals surface area contributed by atoms with Crippen molar-refractivity contribution in [1.29, 1.82) is 0 Å². The van der Waals surface area contributed by atoms with Crippen molar-refractivity contribution >= 4 is 25.6 Å². The van der Waals surface area contributed by atoms with Crippen LogP contribution in [0, 0.1) is 11.3 Å². The highest BCUT2D eigenvalue weighted by atomic mass is 32.2. The molecule has 0 aromatic heterocycles. The summed E-state index contributed by atoms with van der Waals surface area (Å²) in [6.45, 7) is 5.95. The molecule has 0 radical (unpaired) electrons. The van der Waals surface area contributed by atoms with E-state index >= 15 is 0 Å². The van der Waals surface area contributed by atoms with Crippen molar-refractivity contribution in [3.63, 3.8) is 0 Å². The Morgan fingerprint density at radius 1 is 1.04 bits per heavy atom. The zero-order chi connectivity index (χ0) is 20.3. The highest BCUT2D eigenvalue weighted by Gasteiger charge is 2.26. The molecule has 0 bridgehead atoms. The van der Waals surface area contributed by atoms with Gasteiger partial charge in [0.05, 0.1) is 22.1 Å². The van der Waals surface area contributed by atoms with Crippen molar-refractivity contribution in [3.05, 3.63) is 24.3 Å². The number of sulfonamides is 1. The van der Waals surface area contributed by atoms with Gasteiger partial charge in [0.2, 0.25) is 10.0 Å². The van der Waals surface area contributed by atoms with Gasteiger partial charge in [-0.1, -0.05) is 20.8 Å². The lowest BCUT2D eigenvalue weighted by molar-refractivity contribution is -0.125. The molecule has 1 fully saturated rings. The number of benzene rings is 1. The van der Waals surface area contributed by atoms with Crippen LogP contribution in [0.25, 0.3) is 0 Å². The first-order valence-electron chi connectivity index (χ1n) is 8.85. The predicted molar refractivity (Wildman–Crippen MR) is 102 cm³/mol. The van der Waals surface area contributed by atoms with E-state index in [2.05, 4.69) is 4.72 Å². The third-order valence-electron chi connectivity index (χ3n) is 4.55. The van der Waals surface area contributed by atoms with Gasteiger partial charge >= 0.3 is 0 Å². The molecule has 1 aromatic carbocycles. The monoisotopic (exact) mass is 417 g/mol. The number of hydrogen-bond donors (Lipinski definition) is 1. The van der Waals surface area contributed by atoms with Crippen LogP contribution in [0.3, 0.4) is 0 Å². The zero-order valence-corrected chi connectivity index (χ0v) is 17.5. The van der Waals surface area contributed by atoms with E-state index in [1.807, 2.05) is 0 Å². The molecule has 0 atom stereocenters. The van der Waals surface area contributed by atoms with Crippen molar-refractivity contribution in [2.45, 2.75) is 43.4 Å². The fraction of sp³-hybridized carbons (Fsp3) is 0.611. The Bertz CT molecular complexity index is 861. The first-order valence-corrected chi connectivity index (χ1v) is 12.0. The number of hydrogen-bond acceptors (Lipinski definition) is 6. The lowest BCUT2D eigenvalue weighted by Crippen LogP contribution is -2.35. The molecule has 1 heterocycles. The number of carbonyl (C=O) groups excluding carboxylic acids is 1. The van der Waals surface area contributed by atoms with Gasteiger partial charge in [-0.05, 0) is 43.0 Å². The first kappa shape index (κ1) is 22.0. The van der Waals surface area contributed by atoms with Gasteiger partial charge < -0.3 is 4.74 Å². The molecule has 152 valence electrons. The van der Waals surface area contributed by atoms with Crippen LogP contribution in [0.4, 0.5) is 0 Å². The van der Waals surface area contributed by atoms with Gasteiger partial charge in [0.15, 0.2) is 15.6 Å². The third kappa shape index (κ3) is 6.10. The summed E-state index contributed by atoms with van der Waals surface area (Å²) in [5, 5.41) is 0. The average molecular weight is 418 g/mol. The highest BCUT2D eigenvalue weighted by molar-refractivity contribution is 7.91. The summed E-state index contributed by atoms with van der Waals surface area (Å²) in [4.78, 5) is 11.9.